The van der Waals surface area contributed by atoms with E-state index in [1.165, 1.54) is 23.1 Å². The highest BCUT2D eigenvalue weighted by Gasteiger charge is 2.21. The first kappa shape index (κ1) is 14.9. The minimum Gasteiger partial charge on any atom is -0.480 e. The molecular weight excluding hydrogens is 250 g/mol. The molecule has 0 aromatic carbocycles. The van der Waals surface area contributed by atoms with Crippen LogP contribution in [0.25, 0.3) is 0 Å². The van der Waals surface area contributed by atoms with Gasteiger partial charge in [-0.1, -0.05) is 0 Å². The molecule has 0 fully saturated rings. The molecule has 19 heavy (non-hydrogen) atoms. The Bertz CT molecular complexity index is 424. The summed E-state index contributed by atoms with van der Waals surface area (Å²) in [7, 11) is 3.06. The van der Waals surface area contributed by atoms with Crippen molar-refractivity contribution in [2.45, 2.75) is 0 Å². The molecule has 0 aliphatic heterocycles. The fourth-order valence-corrected chi connectivity index (χ4v) is 1.48. The van der Waals surface area contributed by atoms with Gasteiger partial charge in [-0.2, -0.15) is 0 Å². The van der Waals surface area contributed by atoms with Gasteiger partial charge in [-0.3, -0.25) is 14.7 Å². The highest BCUT2D eigenvalue weighted by Crippen LogP contribution is 2.11. The Morgan fingerprint density at radius 2 is 2.21 bits per heavy atom. The summed E-state index contributed by atoms with van der Waals surface area (Å²) in [5.41, 5.74) is 0.598. The topological polar surface area (TPSA) is 83.0 Å². The van der Waals surface area contributed by atoms with Gasteiger partial charge in [0.25, 0.3) is 0 Å². The fourth-order valence-electron chi connectivity index (χ4n) is 1.48. The van der Waals surface area contributed by atoms with E-state index in [4.69, 9.17) is 9.84 Å². The number of hydrogen-bond donors (Lipinski definition) is 1. The molecule has 7 nitrogen and oxygen atoms in total. The first-order valence-electron chi connectivity index (χ1n) is 5.69. The smallest absolute Gasteiger partial charge is 0.324 e. The molecule has 0 unspecified atom stereocenters. The van der Waals surface area contributed by atoms with Crippen molar-refractivity contribution in [3.63, 3.8) is 0 Å². The molecule has 1 rings (SSSR count). The largest absolute Gasteiger partial charge is 0.480 e. The number of hydrogen-bond acceptors (Lipinski definition) is 4. The number of carbonyl (C=O) groups excluding carboxylic acids is 1. The zero-order chi connectivity index (χ0) is 14.3. The predicted molar refractivity (Wildman–Crippen MR) is 69.1 cm³/mol. The number of aromatic nitrogens is 1. The molecule has 104 valence electrons. The van der Waals surface area contributed by atoms with E-state index in [9.17, 15) is 9.59 Å². The summed E-state index contributed by atoms with van der Waals surface area (Å²) in [6, 6.07) is 3.02. The molecule has 1 N–H and O–H groups in total. The number of nitrogens with zero attached hydrogens (tertiary/aromatic N) is 3. The van der Waals surface area contributed by atoms with Crippen molar-refractivity contribution < 1.29 is 19.4 Å². The van der Waals surface area contributed by atoms with Crippen LogP contribution in [0, 0.1) is 0 Å². The Morgan fingerprint density at radius 3 is 2.74 bits per heavy atom. The van der Waals surface area contributed by atoms with Gasteiger partial charge in [0.2, 0.25) is 0 Å². The first-order valence-corrected chi connectivity index (χ1v) is 5.69. The molecule has 0 spiro atoms. The van der Waals surface area contributed by atoms with Gasteiger partial charge in [-0.15, -0.1) is 0 Å². The Hall–Kier alpha value is -2.15. The lowest BCUT2D eigenvalue weighted by Crippen LogP contribution is -2.45. The Morgan fingerprint density at radius 1 is 1.47 bits per heavy atom. The molecule has 0 saturated heterocycles. The molecule has 1 heterocycles. The van der Waals surface area contributed by atoms with Crippen LogP contribution in [-0.4, -0.2) is 60.8 Å². The summed E-state index contributed by atoms with van der Waals surface area (Å²) < 4.78 is 4.87. The first-order chi connectivity index (χ1) is 9.06. The third kappa shape index (κ3) is 4.55. The average molecular weight is 267 g/mol. The number of carboxylic acid groups (broad SMARTS) is 1. The number of methoxy groups -OCH3 is 1. The number of ether oxygens (including phenoxy) is 1. The van der Waals surface area contributed by atoms with Crippen LogP contribution in [0.3, 0.4) is 0 Å². The zero-order valence-electron chi connectivity index (χ0n) is 10.9. The number of rotatable bonds is 6. The van der Waals surface area contributed by atoms with Crippen molar-refractivity contribution in [1.29, 1.82) is 0 Å². The van der Waals surface area contributed by atoms with Crippen molar-refractivity contribution in [2.24, 2.45) is 0 Å². The Kier molecular flexibility index (Phi) is 5.74. The van der Waals surface area contributed by atoms with E-state index in [-0.39, 0.29) is 19.7 Å². The lowest BCUT2D eigenvalue weighted by Gasteiger charge is -2.26. The summed E-state index contributed by atoms with van der Waals surface area (Å²) in [5.74, 6) is -1.07. The lowest BCUT2D eigenvalue weighted by atomic mass is 10.4. The van der Waals surface area contributed by atoms with Crippen LogP contribution in [0.15, 0.2) is 24.5 Å². The van der Waals surface area contributed by atoms with E-state index in [2.05, 4.69) is 4.98 Å². The van der Waals surface area contributed by atoms with Gasteiger partial charge in [-0.05, 0) is 12.1 Å². The number of urea groups is 1. The highest BCUT2D eigenvalue weighted by molar-refractivity contribution is 5.93. The third-order valence-electron chi connectivity index (χ3n) is 2.48. The zero-order valence-corrected chi connectivity index (χ0v) is 10.9. The quantitative estimate of drug-likeness (QED) is 0.819. The SMILES string of the molecule is COCCN(CC(=O)O)C(=O)N(C)c1cccnc1. The van der Waals surface area contributed by atoms with Crippen LogP contribution in [0.2, 0.25) is 0 Å². The van der Waals surface area contributed by atoms with Gasteiger partial charge in [0.15, 0.2) is 0 Å². The number of aliphatic carboxylic acids is 1. The molecule has 0 aliphatic carbocycles. The Labute approximate surface area is 111 Å². The van der Waals surface area contributed by atoms with Crippen LogP contribution < -0.4 is 4.90 Å². The summed E-state index contributed by atoms with van der Waals surface area (Å²) in [5, 5.41) is 8.82. The molecule has 2 amide bonds. The standard InChI is InChI=1S/C12H17N3O4/c1-14(10-4-3-5-13-8-10)12(18)15(6-7-19-2)9-11(16)17/h3-5,8H,6-7,9H2,1-2H3,(H,16,17). The molecule has 0 radical (unpaired) electrons. The minimum absolute atomic E-state index is 0.215. The van der Waals surface area contributed by atoms with E-state index >= 15 is 0 Å². The minimum atomic E-state index is -1.07. The number of carbonyl (C=O) groups is 2. The van der Waals surface area contributed by atoms with Crippen LogP contribution in [0.4, 0.5) is 10.5 Å². The van der Waals surface area contributed by atoms with Gasteiger partial charge >= 0.3 is 12.0 Å². The second-order valence-electron chi connectivity index (χ2n) is 3.86. The molecule has 0 saturated carbocycles. The summed E-state index contributed by atoms with van der Waals surface area (Å²) in [4.78, 5) is 29.4. The molecule has 0 bridgehead atoms. The number of anilines is 1. The van der Waals surface area contributed by atoms with Crippen LogP contribution in [-0.2, 0) is 9.53 Å². The Balaban J connectivity index is 2.77. The third-order valence-corrected chi connectivity index (χ3v) is 2.48. The maximum atomic E-state index is 12.2. The van der Waals surface area contributed by atoms with Gasteiger partial charge in [-0.25, -0.2) is 4.79 Å². The van der Waals surface area contributed by atoms with Gasteiger partial charge < -0.3 is 14.7 Å². The van der Waals surface area contributed by atoms with Crippen molar-refractivity contribution in [2.75, 3.05) is 38.8 Å². The summed E-state index contributed by atoms with van der Waals surface area (Å²) >= 11 is 0. The lowest BCUT2D eigenvalue weighted by molar-refractivity contribution is -0.137. The second-order valence-corrected chi connectivity index (χ2v) is 3.86. The number of pyridine rings is 1. The molecular formula is C12H17N3O4. The van der Waals surface area contributed by atoms with Gasteiger partial charge in [0, 0.05) is 26.9 Å². The highest BCUT2D eigenvalue weighted by atomic mass is 16.5. The molecule has 1 aromatic heterocycles. The normalized spacial score (nSPS) is 10.0. The van der Waals surface area contributed by atoms with Gasteiger partial charge in [0.05, 0.1) is 18.5 Å². The van der Waals surface area contributed by atoms with Crippen LogP contribution in [0.1, 0.15) is 0 Å². The van der Waals surface area contributed by atoms with Gasteiger partial charge in [0.1, 0.15) is 6.54 Å². The van der Waals surface area contributed by atoms with E-state index in [0.29, 0.717) is 5.69 Å². The maximum Gasteiger partial charge on any atom is 0.324 e. The maximum absolute atomic E-state index is 12.2. The number of amides is 2. The summed E-state index contributed by atoms with van der Waals surface area (Å²) in [6.45, 7) is 0.124. The van der Waals surface area contributed by atoms with Crippen molar-refractivity contribution in [3.8, 4) is 0 Å². The van der Waals surface area contributed by atoms with Crippen LogP contribution in [0.5, 0.6) is 0 Å². The summed E-state index contributed by atoms with van der Waals surface area (Å²) in [6.07, 6.45) is 3.13. The van der Waals surface area contributed by atoms with E-state index in [0.717, 1.165) is 0 Å². The van der Waals surface area contributed by atoms with Crippen LogP contribution >= 0.6 is 0 Å². The van der Waals surface area contributed by atoms with Crippen molar-refractivity contribution in [3.05, 3.63) is 24.5 Å². The average Bonchev–Trinajstić information content (AvgIpc) is 2.42. The van der Waals surface area contributed by atoms with E-state index < -0.39 is 12.0 Å². The van der Waals surface area contributed by atoms with Crippen molar-refractivity contribution >= 4 is 17.7 Å². The molecule has 0 aliphatic rings. The molecule has 1 aromatic rings. The monoisotopic (exact) mass is 267 g/mol. The van der Waals surface area contributed by atoms with Crippen molar-refractivity contribution in [1.82, 2.24) is 9.88 Å². The number of carboxylic acids is 1. The molecule has 7 heteroatoms. The predicted octanol–water partition coefficient (Wildman–Crippen LogP) is 0.671. The molecule has 0 atom stereocenters. The van der Waals surface area contributed by atoms with E-state index in [1.807, 2.05) is 0 Å². The second kappa shape index (κ2) is 7.32. The van der Waals surface area contributed by atoms with E-state index in [1.54, 1.807) is 25.4 Å². The fraction of sp³-hybridized carbons (Fsp3) is 0.417.